The molecule has 17 heavy (non-hydrogen) atoms. The van der Waals surface area contributed by atoms with E-state index in [2.05, 4.69) is 10.5 Å². The van der Waals surface area contributed by atoms with E-state index in [-0.39, 0.29) is 11.8 Å². The van der Waals surface area contributed by atoms with Crippen LogP contribution < -0.4 is 5.43 Å². The summed E-state index contributed by atoms with van der Waals surface area (Å²) in [7, 11) is 0. The first-order valence-electron chi connectivity index (χ1n) is 5.45. The van der Waals surface area contributed by atoms with E-state index in [1.165, 1.54) is 11.1 Å². The number of benzene rings is 1. The average Bonchev–Trinajstić information content (AvgIpc) is 2.91. The zero-order chi connectivity index (χ0) is 11.8. The summed E-state index contributed by atoms with van der Waals surface area (Å²) in [6.45, 7) is 0.334. The molecule has 1 aromatic carbocycles. The number of hydrogen-bond donors (Lipinski definition) is 1. The zero-order valence-electron chi connectivity index (χ0n) is 9.04. The molecule has 5 heteroatoms. The number of carbonyl (C=O) groups is 2. The van der Waals surface area contributed by atoms with Crippen LogP contribution in [-0.2, 0) is 16.1 Å². The molecule has 0 aromatic heterocycles. The van der Waals surface area contributed by atoms with Gasteiger partial charge in [0.05, 0.1) is 6.54 Å². The second-order valence-corrected chi connectivity index (χ2v) is 4.16. The molecule has 2 amide bonds. The first-order valence-corrected chi connectivity index (χ1v) is 5.45. The number of nitrogens with one attached hydrogen (secondary N) is 1. The van der Waals surface area contributed by atoms with Crippen molar-refractivity contribution in [3.8, 4) is 0 Å². The van der Waals surface area contributed by atoms with Crippen LogP contribution in [0, 0.1) is 5.92 Å². The summed E-state index contributed by atoms with van der Waals surface area (Å²) in [5.74, 6) is -0.787. The Bertz CT molecular complexity index is 498. The van der Waals surface area contributed by atoms with Crippen LogP contribution in [0.25, 0.3) is 0 Å². The van der Waals surface area contributed by atoms with Crippen molar-refractivity contribution in [1.29, 1.82) is 0 Å². The van der Waals surface area contributed by atoms with Gasteiger partial charge in [0.1, 0.15) is 12.0 Å². The van der Waals surface area contributed by atoms with Crippen LogP contribution in [0.2, 0.25) is 0 Å². The van der Waals surface area contributed by atoms with Crippen molar-refractivity contribution >= 4 is 18.0 Å². The standard InChI is InChI=1S/C12H11N3O2/c16-11-9-6-13-14-10(9)12(17)15(11)7-8-4-2-1-3-5-8/h1-6,9-10,14H,7H2/t9-,10-/m0/s1. The van der Waals surface area contributed by atoms with Crippen molar-refractivity contribution in [1.82, 2.24) is 10.3 Å². The first-order chi connectivity index (χ1) is 8.27. The molecule has 2 aliphatic heterocycles. The van der Waals surface area contributed by atoms with Gasteiger partial charge in [0.15, 0.2) is 0 Å². The predicted octanol–water partition coefficient (Wildman–Crippen LogP) is 0.129. The zero-order valence-corrected chi connectivity index (χ0v) is 9.04. The Balaban J connectivity index is 1.83. The third-order valence-electron chi connectivity index (χ3n) is 3.07. The lowest BCUT2D eigenvalue weighted by molar-refractivity contribution is -0.140. The van der Waals surface area contributed by atoms with Gasteiger partial charge < -0.3 is 0 Å². The molecule has 1 saturated heterocycles. The second kappa shape index (κ2) is 3.69. The smallest absolute Gasteiger partial charge is 0.254 e. The lowest BCUT2D eigenvalue weighted by atomic mass is 10.1. The number of carbonyl (C=O) groups excluding carboxylic acids is 2. The number of nitrogens with zero attached hydrogens (tertiary/aromatic N) is 2. The minimum absolute atomic E-state index is 0.169. The van der Waals surface area contributed by atoms with Crippen LogP contribution in [-0.4, -0.2) is 29.0 Å². The van der Waals surface area contributed by atoms with E-state index in [1.54, 1.807) is 0 Å². The molecule has 1 fully saturated rings. The van der Waals surface area contributed by atoms with Gasteiger partial charge in [-0.2, -0.15) is 5.10 Å². The lowest BCUT2D eigenvalue weighted by Crippen LogP contribution is -2.35. The lowest BCUT2D eigenvalue weighted by Gasteiger charge is -2.14. The van der Waals surface area contributed by atoms with E-state index in [1.807, 2.05) is 30.3 Å². The number of imide groups is 1. The van der Waals surface area contributed by atoms with E-state index in [0.29, 0.717) is 6.54 Å². The maximum Gasteiger partial charge on any atom is 0.254 e. The van der Waals surface area contributed by atoms with Gasteiger partial charge in [0.2, 0.25) is 5.91 Å². The highest BCUT2D eigenvalue weighted by Crippen LogP contribution is 2.23. The minimum atomic E-state index is -0.494. The van der Waals surface area contributed by atoms with Crippen LogP contribution >= 0.6 is 0 Å². The Morgan fingerprint density at radius 1 is 1.18 bits per heavy atom. The fourth-order valence-corrected chi connectivity index (χ4v) is 2.16. The van der Waals surface area contributed by atoms with Gasteiger partial charge in [-0.3, -0.25) is 19.9 Å². The third-order valence-corrected chi connectivity index (χ3v) is 3.07. The quantitative estimate of drug-likeness (QED) is 0.733. The molecule has 2 heterocycles. The van der Waals surface area contributed by atoms with Gasteiger partial charge in [0, 0.05) is 6.21 Å². The summed E-state index contributed by atoms with van der Waals surface area (Å²) >= 11 is 0. The van der Waals surface area contributed by atoms with Crippen LogP contribution in [0.1, 0.15) is 5.56 Å². The van der Waals surface area contributed by atoms with Gasteiger partial charge in [-0.1, -0.05) is 30.3 Å². The number of hydrazone groups is 1. The van der Waals surface area contributed by atoms with Crippen molar-refractivity contribution in [3.05, 3.63) is 35.9 Å². The van der Waals surface area contributed by atoms with Crippen LogP contribution in [0.15, 0.2) is 35.4 Å². The number of likely N-dealkylation sites (tertiary alicyclic amines) is 1. The van der Waals surface area contributed by atoms with Crippen molar-refractivity contribution in [2.45, 2.75) is 12.6 Å². The number of hydrogen-bond acceptors (Lipinski definition) is 4. The number of amides is 2. The Kier molecular flexibility index (Phi) is 2.18. The van der Waals surface area contributed by atoms with E-state index in [9.17, 15) is 9.59 Å². The van der Waals surface area contributed by atoms with Gasteiger partial charge in [-0.25, -0.2) is 0 Å². The molecule has 0 bridgehead atoms. The van der Waals surface area contributed by atoms with Crippen molar-refractivity contribution < 1.29 is 9.59 Å². The summed E-state index contributed by atoms with van der Waals surface area (Å²) < 4.78 is 0. The van der Waals surface area contributed by atoms with Gasteiger partial charge >= 0.3 is 0 Å². The summed E-state index contributed by atoms with van der Waals surface area (Å²) in [5, 5.41) is 3.77. The molecule has 3 rings (SSSR count). The fourth-order valence-electron chi connectivity index (χ4n) is 2.16. The predicted molar refractivity (Wildman–Crippen MR) is 60.9 cm³/mol. The van der Waals surface area contributed by atoms with Gasteiger partial charge in [0.25, 0.3) is 5.91 Å². The molecular weight excluding hydrogens is 218 g/mol. The molecule has 0 aliphatic carbocycles. The van der Waals surface area contributed by atoms with Crippen molar-refractivity contribution in [2.24, 2.45) is 11.0 Å². The van der Waals surface area contributed by atoms with Crippen LogP contribution in [0.3, 0.4) is 0 Å². The Morgan fingerprint density at radius 3 is 2.65 bits per heavy atom. The second-order valence-electron chi connectivity index (χ2n) is 4.16. The monoisotopic (exact) mass is 229 g/mol. The Labute approximate surface area is 98.1 Å². The highest BCUT2D eigenvalue weighted by molar-refractivity contribution is 6.14. The Morgan fingerprint density at radius 2 is 1.94 bits per heavy atom. The molecule has 0 unspecified atom stereocenters. The van der Waals surface area contributed by atoms with Crippen molar-refractivity contribution in [3.63, 3.8) is 0 Å². The molecule has 2 atom stereocenters. The maximum absolute atomic E-state index is 12.0. The van der Waals surface area contributed by atoms with Crippen LogP contribution in [0.4, 0.5) is 0 Å². The summed E-state index contributed by atoms with van der Waals surface area (Å²) in [5.41, 5.74) is 3.62. The molecule has 5 nitrogen and oxygen atoms in total. The number of rotatable bonds is 2. The molecule has 86 valence electrons. The molecule has 0 radical (unpaired) electrons. The van der Waals surface area contributed by atoms with E-state index in [4.69, 9.17) is 0 Å². The van der Waals surface area contributed by atoms with E-state index >= 15 is 0 Å². The number of fused-ring (bicyclic) bond motifs is 1. The molecule has 2 aliphatic rings. The molecule has 1 aromatic rings. The Hall–Kier alpha value is -2.17. The van der Waals surface area contributed by atoms with Gasteiger partial charge in [-0.15, -0.1) is 0 Å². The molecular formula is C12H11N3O2. The molecule has 0 spiro atoms. The average molecular weight is 229 g/mol. The fraction of sp³-hybridized carbons (Fsp3) is 0.250. The normalized spacial score (nSPS) is 26.2. The highest BCUT2D eigenvalue weighted by atomic mass is 16.2. The van der Waals surface area contributed by atoms with E-state index < -0.39 is 12.0 Å². The van der Waals surface area contributed by atoms with Crippen LogP contribution in [0.5, 0.6) is 0 Å². The van der Waals surface area contributed by atoms with Crippen molar-refractivity contribution in [2.75, 3.05) is 0 Å². The molecule has 0 saturated carbocycles. The minimum Gasteiger partial charge on any atom is -0.297 e. The molecule has 1 N–H and O–H groups in total. The summed E-state index contributed by atoms with van der Waals surface area (Å²) in [4.78, 5) is 25.2. The summed E-state index contributed by atoms with van der Waals surface area (Å²) in [6, 6.07) is 8.99. The maximum atomic E-state index is 12.0. The third kappa shape index (κ3) is 1.51. The summed E-state index contributed by atoms with van der Waals surface area (Å²) in [6.07, 6.45) is 1.51. The van der Waals surface area contributed by atoms with Gasteiger partial charge in [-0.05, 0) is 5.56 Å². The van der Waals surface area contributed by atoms with E-state index in [0.717, 1.165) is 5.56 Å². The topological polar surface area (TPSA) is 61.8 Å². The highest BCUT2D eigenvalue weighted by Gasteiger charge is 2.48. The SMILES string of the molecule is O=C1[C@H]2C=NN[C@@H]2C(=O)N1Cc1ccccc1. The first kappa shape index (κ1) is 10.0. The largest absolute Gasteiger partial charge is 0.297 e.